The normalized spacial score (nSPS) is 14.4. The van der Waals surface area contributed by atoms with Crippen molar-refractivity contribution in [3.63, 3.8) is 0 Å². The molecular weight excluding hydrogens is 976 g/mol. The van der Waals surface area contributed by atoms with Crippen LogP contribution in [0.15, 0.2) is 97.1 Å². The highest BCUT2D eigenvalue weighted by molar-refractivity contribution is 14.1. The van der Waals surface area contributed by atoms with Gasteiger partial charge in [-0.25, -0.2) is 19.2 Å². The average molecular weight is 1050 g/mol. The lowest BCUT2D eigenvalue weighted by Gasteiger charge is -2.30. The smallest absolute Gasteiger partial charge is 0.407 e. The predicted molar refractivity (Wildman–Crippen MR) is 277 cm³/mol. The molecule has 0 bridgehead atoms. The fourth-order valence-corrected chi connectivity index (χ4v) is 9.04. The van der Waals surface area contributed by atoms with Gasteiger partial charge < -0.3 is 39.4 Å². The monoisotopic (exact) mass is 1050 g/mol. The number of nitrogens with one attached hydrogen (secondary N) is 2. The first-order valence-corrected chi connectivity index (χ1v) is 25.4. The van der Waals surface area contributed by atoms with E-state index in [2.05, 4.69) is 83.5 Å². The maximum atomic E-state index is 12.8. The maximum absolute atomic E-state index is 12.8. The van der Waals surface area contributed by atoms with Crippen LogP contribution in [0.5, 0.6) is 0 Å². The standard InChI is InChI=1S/C28H37NO5.C23H27NO5.C4H9I/c1-6-7-12-17-32-26(30)25(19(2)34-28(3,4)5)29-27(31)33-18-24-22-15-10-8-13-20(22)21-14-9-11-16-23(21)24;1-14(29-23(2,3)4)20(21(25)26)24-22(27)28-13-19-17-11-7-5-9-15(17)16-10-6-8-12-18(16)19;1-2-3-4-5/h8-11,13-16,19,24-25H,6-7,12,17-18H2,1-5H3,(H,29,31);5-12,14,19-20H,13H2,1-4H3,(H,24,27)(H,25,26);2-4H2,1H3/t19?,25-;14?,20-;/m00./s1. The number of amides is 2. The van der Waals surface area contributed by atoms with E-state index in [0.717, 1.165) is 63.8 Å². The molecule has 0 fully saturated rings. The van der Waals surface area contributed by atoms with E-state index in [4.69, 9.17) is 23.7 Å². The van der Waals surface area contributed by atoms with Crippen LogP contribution in [0.3, 0.4) is 0 Å². The summed E-state index contributed by atoms with van der Waals surface area (Å²) in [7, 11) is 0. The van der Waals surface area contributed by atoms with E-state index in [1.165, 1.54) is 17.3 Å². The Balaban J connectivity index is 0.000000272. The van der Waals surface area contributed by atoms with Gasteiger partial charge in [-0.2, -0.15) is 0 Å². The molecule has 4 aromatic carbocycles. The molecule has 0 aromatic heterocycles. The summed E-state index contributed by atoms with van der Waals surface area (Å²) in [4.78, 5) is 49.5. The molecule has 68 heavy (non-hydrogen) atoms. The Bertz CT molecular complexity index is 2160. The quantitative estimate of drug-likeness (QED) is 0.0288. The van der Waals surface area contributed by atoms with Gasteiger partial charge in [0.25, 0.3) is 0 Å². The van der Waals surface area contributed by atoms with Gasteiger partial charge >= 0.3 is 24.1 Å². The lowest BCUT2D eigenvalue weighted by atomic mass is 9.98. The number of hydrogen-bond donors (Lipinski definition) is 3. The van der Waals surface area contributed by atoms with Crippen molar-refractivity contribution in [2.24, 2.45) is 0 Å². The minimum Gasteiger partial charge on any atom is -0.480 e. The van der Waals surface area contributed by atoms with Crippen LogP contribution in [0.1, 0.15) is 135 Å². The number of halogens is 1. The number of ether oxygens (including phenoxy) is 5. The van der Waals surface area contributed by atoms with E-state index in [9.17, 15) is 24.3 Å². The zero-order valence-corrected chi connectivity index (χ0v) is 43.7. The molecule has 4 aromatic rings. The largest absolute Gasteiger partial charge is 0.480 e. The number of rotatable bonds is 18. The fourth-order valence-electron chi connectivity index (χ4n) is 8.28. The van der Waals surface area contributed by atoms with Crippen molar-refractivity contribution in [1.29, 1.82) is 0 Å². The molecule has 2 aliphatic rings. The van der Waals surface area contributed by atoms with Crippen molar-refractivity contribution < 1.29 is 48.0 Å². The van der Waals surface area contributed by atoms with Gasteiger partial charge in [-0.3, -0.25) is 0 Å². The molecule has 0 spiro atoms. The Morgan fingerprint density at radius 2 is 0.912 bits per heavy atom. The molecule has 0 aliphatic heterocycles. The minimum absolute atomic E-state index is 0.0548. The van der Waals surface area contributed by atoms with E-state index in [1.807, 2.05) is 102 Å². The van der Waals surface area contributed by atoms with E-state index >= 15 is 0 Å². The Kier molecular flexibility index (Phi) is 21.8. The lowest BCUT2D eigenvalue weighted by molar-refractivity contribution is -0.153. The van der Waals surface area contributed by atoms with Crippen LogP contribution in [0, 0.1) is 0 Å². The van der Waals surface area contributed by atoms with Crippen molar-refractivity contribution in [3.8, 4) is 22.3 Å². The summed E-state index contributed by atoms with van der Waals surface area (Å²) in [5, 5.41) is 14.6. The third kappa shape index (κ3) is 16.6. The fraction of sp³-hybridized carbons (Fsp3) is 0.491. The minimum atomic E-state index is -1.20. The lowest BCUT2D eigenvalue weighted by Crippen LogP contribution is -2.51. The number of alkyl halides is 1. The summed E-state index contributed by atoms with van der Waals surface area (Å²) in [5.74, 6) is -1.82. The summed E-state index contributed by atoms with van der Waals surface area (Å²) in [6, 6.07) is 30.2. The number of benzene rings is 4. The number of carbonyl (C=O) groups excluding carboxylic acids is 3. The van der Waals surface area contributed by atoms with Crippen LogP contribution in [-0.2, 0) is 33.3 Å². The summed E-state index contributed by atoms with van der Waals surface area (Å²) in [6.07, 6.45) is 2.77. The van der Waals surface area contributed by atoms with Crippen LogP contribution in [0.25, 0.3) is 22.3 Å². The van der Waals surface area contributed by atoms with Crippen LogP contribution in [0.4, 0.5) is 9.59 Å². The molecule has 6 rings (SSSR count). The van der Waals surface area contributed by atoms with Crippen LogP contribution < -0.4 is 10.6 Å². The molecule has 370 valence electrons. The molecule has 0 radical (unpaired) electrons. The molecule has 0 heterocycles. The van der Waals surface area contributed by atoms with Crippen molar-refractivity contribution in [3.05, 3.63) is 119 Å². The zero-order valence-electron chi connectivity index (χ0n) is 41.6. The van der Waals surface area contributed by atoms with Crippen molar-refractivity contribution in [2.75, 3.05) is 24.2 Å². The van der Waals surface area contributed by atoms with E-state index in [1.54, 1.807) is 13.8 Å². The molecule has 3 N–H and O–H groups in total. The Labute approximate surface area is 417 Å². The van der Waals surface area contributed by atoms with E-state index in [0.29, 0.717) is 6.61 Å². The highest BCUT2D eigenvalue weighted by atomic mass is 127. The molecule has 13 heteroatoms. The molecule has 2 aliphatic carbocycles. The van der Waals surface area contributed by atoms with Gasteiger partial charge in [-0.05, 0) is 117 Å². The number of fused-ring (bicyclic) bond motifs is 6. The second-order valence-corrected chi connectivity index (χ2v) is 20.1. The topological polar surface area (TPSA) is 159 Å². The second kappa shape index (κ2) is 26.7. The number of carboxylic acids is 1. The van der Waals surface area contributed by atoms with Gasteiger partial charge in [-0.1, -0.05) is 153 Å². The summed E-state index contributed by atoms with van der Waals surface area (Å²) in [5.41, 5.74) is 8.03. The summed E-state index contributed by atoms with van der Waals surface area (Å²) >= 11 is 2.39. The molecule has 4 atom stereocenters. The zero-order chi connectivity index (χ0) is 50.0. The maximum Gasteiger partial charge on any atom is 0.407 e. The Hall–Kier alpha value is -4.99. The van der Waals surface area contributed by atoms with Gasteiger partial charge in [0, 0.05) is 11.8 Å². The van der Waals surface area contributed by atoms with Gasteiger partial charge in [-0.15, -0.1) is 0 Å². The Morgan fingerprint density at radius 1 is 0.559 bits per heavy atom. The predicted octanol–water partition coefficient (Wildman–Crippen LogP) is 12.2. The number of alkyl carbamates (subject to hydrolysis) is 2. The summed E-state index contributed by atoms with van der Waals surface area (Å²) < 4.78 is 29.4. The van der Waals surface area contributed by atoms with Gasteiger partial charge in [0.2, 0.25) is 0 Å². The van der Waals surface area contributed by atoms with Gasteiger partial charge in [0.15, 0.2) is 12.1 Å². The van der Waals surface area contributed by atoms with Crippen molar-refractivity contribution in [1.82, 2.24) is 10.6 Å². The Morgan fingerprint density at radius 3 is 1.24 bits per heavy atom. The van der Waals surface area contributed by atoms with Crippen LogP contribution in [0.2, 0.25) is 0 Å². The molecule has 2 amide bonds. The first kappa shape index (κ1) is 55.6. The van der Waals surface area contributed by atoms with Crippen LogP contribution >= 0.6 is 22.6 Å². The van der Waals surface area contributed by atoms with Crippen molar-refractivity contribution >= 4 is 46.7 Å². The number of hydrogen-bond acceptors (Lipinski definition) is 9. The molecule has 0 saturated heterocycles. The number of unbranched alkanes of at least 4 members (excludes halogenated alkanes) is 3. The van der Waals surface area contributed by atoms with E-state index in [-0.39, 0.29) is 25.0 Å². The third-order valence-electron chi connectivity index (χ3n) is 11.3. The second-order valence-electron chi connectivity index (χ2n) is 19.0. The van der Waals surface area contributed by atoms with Crippen molar-refractivity contribution in [2.45, 2.75) is 149 Å². The summed E-state index contributed by atoms with van der Waals surface area (Å²) in [6.45, 7) is 19.5. The molecule has 12 nitrogen and oxygen atoms in total. The number of esters is 1. The number of carboxylic acid groups (broad SMARTS) is 1. The first-order chi connectivity index (χ1) is 32.3. The van der Waals surface area contributed by atoms with Gasteiger partial charge in [0.1, 0.15) is 13.2 Å². The molecule has 2 unspecified atom stereocenters. The number of aliphatic carboxylic acids is 1. The highest BCUT2D eigenvalue weighted by Gasteiger charge is 2.35. The van der Waals surface area contributed by atoms with E-state index < -0.39 is 59.6 Å². The van der Waals surface area contributed by atoms with Gasteiger partial charge in [0.05, 0.1) is 30.0 Å². The number of carbonyl (C=O) groups is 4. The molecular formula is C55H73IN2O10. The molecule has 0 saturated carbocycles. The van der Waals surface area contributed by atoms with Crippen LogP contribution in [-0.4, -0.2) is 89.0 Å². The third-order valence-corrected chi connectivity index (χ3v) is 12.0. The highest BCUT2D eigenvalue weighted by Crippen LogP contribution is 2.45. The first-order valence-electron chi connectivity index (χ1n) is 23.8. The average Bonchev–Trinajstić information content (AvgIpc) is 3.79. The SMILES string of the molecule is CC(OC(C)(C)C)[C@H](NC(=O)OCC1c2ccccc2-c2ccccc21)C(=O)O.CCCCCOC(=O)[C@@H](NC(=O)OCC1c2ccccc2-c2ccccc21)C(C)OC(C)(C)C.CCCCI.